The molecule has 14 heteroatoms. The van der Waals surface area contributed by atoms with Gasteiger partial charge in [0.25, 0.3) is 0 Å². The Morgan fingerprint density at radius 3 is 2.51 bits per heavy atom. The predicted molar refractivity (Wildman–Crippen MR) is 186 cm³/mol. The number of sulfonamides is 1. The molecule has 0 radical (unpaired) electrons. The molecule has 1 unspecified atom stereocenters. The number of hydrogen-bond donors (Lipinski definition) is 2. The molecule has 1 saturated heterocycles. The molecule has 0 aliphatic carbocycles. The van der Waals surface area contributed by atoms with Crippen molar-refractivity contribution in [2.24, 2.45) is 27.3 Å². The Bertz CT molecular complexity index is 1650. The van der Waals surface area contributed by atoms with Crippen LogP contribution in [0.5, 0.6) is 5.75 Å². The highest BCUT2D eigenvalue weighted by Crippen LogP contribution is 2.38. The molecule has 1 fully saturated rings. The number of aliphatic carboxylic acids is 1. The number of aliphatic imine (C=N–C) groups is 1. The molecule has 2 aromatic rings. The Hall–Kier alpha value is -4.01. The lowest BCUT2D eigenvalue weighted by Crippen LogP contribution is -2.40. The van der Waals surface area contributed by atoms with Gasteiger partial charge in [-0.3, -0.25) is 9.79 Å². The van der Waals surface area contributed by atoms with Crippen molar-refractivity contribution in [1.82, 2.24) is 9.21 Å². The zero-order chi connectivity index (χ0) is 35.9. The lowest BCUT2D eigenvalue weighted by atomic mass is 9.81. The molecule has 0 saturated carbocycles. The van der Waals surface area contributed by atoms with Crippen molar-refractivity contribution in [2.75, 3.05) is 32.8 Å². The molecule has 49 heavy (non-hydrogen) atoms. The topological polar surface area (TPSA) is 173 Å². The number of hydrogen-bond acceptors (Lipinski definition) is 10. The van der Waals surface area contributed by atoms with Gasteiger partial charge in [0.15, 0.2) is 0 Å². The Balaban J connectivity index is 1.47. The summed E-state index contributed by atoms with van der Waals surface area (Å²) >= 11 is 0. The maximum atomic E-state index is 13.7. The first-order valence-corrected chi connectivity index (χ1v) is 18.0. The highest BCUT2D eigenvalue weighted by Gasteiger charge is 2.40. The van der Waals surface area contributed by atoms with Crippen molar-refractivity contribution in [3.05, 3.63) is 59.2 Å². The Morgan fingerprint density at radius 1 is 1.16 bits per heavy atom. The second-order valence-electron chi connectivity index (χ2n) is 13.6. The van der Waals surface area contributed by atoms with Gasteiger partial charge in [-0.2, -0.15) is 9.41 Å². The average Bonchev–Trinajstić information content (AvgIpc) is 3.13. The smallest absolute Gasteiger partial charge is 0.410 e. The van der Waals surface area contributed by atoms with E-state index in [2.05, 4.69) is 10.1 Å². The van der Waals surface area contributed by atoms with E-state index in [4.69, 9.17) is 20.1 Å². The third-order valence-corrected chi connectivity index (χ3v) is 10.7. The number of nitrogens with zero attached hydrogens (tertiary/aromatic N) is 4. The standard InChI is InChI=1S/C35H49N5O8S/c1-23(2)47-34(43)39-15-13-26(14-16-39)18-37-19-29(38-36)22-46-32(35(5,6)33(41)42)27-12-11-24(3)28(17-27)21-40-20-25(4)48-30-9-7-8-10-31(30)49(40,44)45/h7-12,17,19,23,25-26,32H,13-16,18,20-22,36H2,1-6H3,(H,41,42)/t25-,32?/m1/s1. The normalized spacial score (nSPS) is 19.7. The number of carboxylic acid groups (broad SMARTS) is 1. The zero-order valence-corrected chi connectivity index (χ0v) is 30.0. The second kappa shape index (κ2) is 16.1. The van der Waals surface area contributed by atoms with E-state index >= 15 is 0 Å². The molecule has 13 nitrogen and oxygen atoms in total. The minimum absolute atomic E-state index is 0.0598. The van der Waals surface area contributed by atoms with Crippen LogP contribution < -0.4 is 10.6 Å². The van der Waals surface area contributed by atoms with Crippen molar-refractivity contribution in [3.63, 3.8) is 0 Å². The van der Waals surface area contributed by atoms with E-state index in [0.29, 0.717) is 42.2 Å². The Kier molecular flexibility index (Phi) is 12.4. The molecule has 2 atom stereocenters. The van der Waals surface area contributed by atoms with Crippen molar-refractivity contribution in [3.8, 4) is 5.75 Å². The molecule has 2 aliphatic heterocycles. The molecule has 2 aromatic carbocycles. The van der Waals surface area contributed by atoms with Gasteiger partial charge in [-0.1, -0.05) is 30.3 Å². The van der Waals surface area contributed by atoms with Crippen LogP contribution in [0.3, 0.4) is 0 Å². The number of carboxylic acids is 1. The maximum Gasteiger partial charge on any atom is 0.410 e. The van der Waals surface area contributed by atoms with E-state index in [9.17, 15) is 23.1 Å². The number of fused-ring (bicyclic) bond motifs is 1. The average molecular weight is 700 g/mol. The summed E-state index contributed by atoms with van der Waals surface area (Å²) in [5, 5.41) is 14.0. The summed E-state index contributed by atoms with van der Waals surface area (Å²) < 4.78 is 46.3. The highest BCUT2D eigenvalue weighted by molar-refractivity contribution is 7.89. The van der Waals surface area contributed by atoms with Crippen molar-refractivity contribution >= 4 is 34.0 Å². The minimum atomic E-state index is -3.88. The molecule has 2 heterocycles. The molecule has 0 aromatic heterocycles. The van der Waals surface area contributed by atoms with Gasteiger partial charge >= 0.3 is 12.1 Å². The van der Waals surface area contributed by atoms with E-state index in [-0.39, 0.29) is 48.8 Å². The minimum Gasteiger partial charge on any atom is -0.488 e. The lowest BCUT2D eigenvalue weighted by Gasteiger charge is -2.32. The number of hydrazone groups is 1. The molecule has 2 aliphatic rings. The molecule has 268 valence electrons. The first kappa shape index (κ1) is 37.8. The van der Waals surface area contributed by atoms with Gasteiger partial charge < -0.3 is 30.1 Å². The van der Waals surface area contributed by atoms with E-state index in [1.54, 1.807) is 49.1 Å². The fourth-order valence-electron chi connectivity index (χ4n) is 5.89. The van der Waals surface area contributed by atoms with Gasteiger partial charge in [0.1, 0.15) is 22.5 Å². The van der Waals surface area contributed by atoms with Gasteiger partial charge in [-0.15, -0.1) is 0 Å². The fraction of sp³-hybridized carbons (Fsp3) is 0.543. The zero-order valence-electron chi connectivity index (χ0n) is 29.2. The Morgan fingerprint density at radius 2 is 1.86 bits per heavy atom. The molecular weight excluding hydrogens is 650 g/mol. The van der Waals surface area contributed by atoms with Crippen LogP contribution in [0.2, 0.25) is 0 Å². The van der Waals surface area contributed by atoms with Crippen molar-refractivity contribution < 1.29 is 37.3 Å². The molecule has 1 amide bonds. The first-order chi connectivity index (χ1) is 23.1. The van der Waals surface area contributed by atoms with E-state index < -0.39 is 27.5 Å². The lowest BCUT2D eigenvalue weighted by molar-refractivity contribution is -0.156. The number of carbonyl (C=O) groups excluding carboxylic acids is 1. The van der Waals surface area contributed by atoms with Crippen LogP contribution in [-0.4, -0.2) is 91.7 Å². The maximum absolute atomic E-state index is 13.7. The second-order valence-corrected chi connectivity index (χ2v) is 15.5. The van der Waals surface area contributed by atoms with Gasteiger partial charge in [0.05, 0.1) is 30.8 Å². The number of piperidine rings is 1. The largest absolute Gasteiger partial charge is 0.488 e. The van der Waals surface area contributed by atoms with E-state index in [1.807, 2.05) is 33.8 Å². The first-order valence-electron chi connectivity index (χ1n) is 16.6. The number of nitrogens with two attached hydrogens (primary N) is 1. The molecule has 3 N–H and O–H groups in total. The third kappa shape index (κ3) is 9.37. The number of carbonyl (C=O) groups is 2. The summed E-state index contributed by atoms with van der Waals surface area (Å²) in [6.07, 6.45) is 1.33. The van der Waals surface area contributed by atoms with E-state index in [1.165, 1.54) is 16.6 Å². The van der Waals surface area contributed by atoms with Crippen LogP contribution in [0.4, 0.5) is 4.79 Å². The number of para-hydroxylation sites is 1. The van der Waals surface area contributed by atoms with Crippen LogP contribution in [0.1, 0.15) is 70.3 Å². The molecule has 0 bridgehead atoms. The summed E-state index contributed by atoms with van der Waals surface area (Å²) in [4.78, 5) is 31.0. The van der Waals surface area contributed by atoms with Crippen LogP contribution in [-0.2, 0) is 30.8 Å². The van der Waals surface area contributed by atoms with Crippen molar-refractivity contribution in [1.29, 1.82) is 0 Å². The summed E-state index contributed by atoms with van der Waals surface area (Å²) in [5.41, 5.74) is 1.08. The number of benzene rings is 2. The van der Waals surface area contributed by atoms with Gasteiger partial charge in [-0.25, -0.2) is 13.2 Å². The van der Waals surface area contributed by atoms with E-state index in [0.717, 1.165) is 18.4 Å². The third-order valence-electron chi connectivity index (χ3n) is 8.86. The number of ether oxygens (including phenoxy) is 3. The number of rotatable bonds is 12. The number of likely N-dealkylation sites (tertiary alicyclic amines) is 1. The van der Waals surface area contributed by atoms with Gasteiger partial charge in [0.2, 0.25) is 10.0 Å². The molecular formula is C35H49N5O8S. The van der Waals surface area contributed by atoms with Crippen LogP contribution in [0.25, 0.3) is 0 Å². The SMILES string of the molecule is Cc1ccc(C(OCC(C=NCC2CCN(C(=O)OC(C)C)CC2)=NN)C(C)(C)C(=O)O)cc1CN1C[C@@H](C)Oc2ccccc2S1(=O)=O. The quantitative estimate of drug-likeness (QED) is 0.180. The number of amides is 1. The monoisotopic (exact) mass is 699 g/mol. The predicted octanol–water partition coefficient (Wildman–Crippen LogP) is 4.78. The summed E-state index contributed by atoms with van der Waals surface area (Å²) in [6, 6.07) is 12.0. The van der Waals surface area contributed by atoms with Gasteiger partial charge in [-0.05, 0) is 89.1 Å². The summed E-state index contributed by atoms with van der Waals surface area (Å²) in [5.74, 6) is 5.20. The molecule has 4 rings (SSSR count). The molecule has 0 spiro atoms. The van der Waals surface area contributed by atoms with Crippen LogP contribution in [0, 0.1) is 18.3 Å². The summed E-state index contributed by atoms with van der Waals surface area (Å²) in [7, 11) is -3.88. The Labute approximate surface area is 289 Å². The highest BCUT2D eigenvalue weighted by atomic mass is 32.2. The summed E-state index contributed by atoms with van der Waals surface area (Å²) in [6.45, 7) is 12.3. The van der Waals surface area contributed by atoms with Gasteiger partial charge in [0, 0.05) is 32.4 Å². The van der Waals surface area contributed by atoms with Crippen LogP contribution in [0.15, 0.2) is 57.5 Å². The van der Waals surface area contributed by atoms with Crippen LogP contribution >= 0.6 is 0 Å². The number of aryl methyl sites for hydroxylation is 1. The van der Waals surface area contributed by atoms with Crippen molar-refractivity contribution in [2.45, 2.75) is 84.1 Å². The fourth-order valence-corrected chi connectivity index (χ4v) is 7.51.